The van der Waals surface area contributed by atoms with Crippen LogP contribution in [-0.2, 0) is 9.53 Å². The number of nitrogens with one attached hydrogen (secondary N) is 1. The molecule has 1 aromatic heterocycles. The predicted octanol–water partition coefficient (Wildman–Crippen LogP) is 0.902. The Labute approximate surface area is 80.3 Å². The average Bonchev–Trinajstić information content (AvgIpc) is 2.65. The molecule has 0 aliphatic carbocycles. The summed E-state index contributed by atoms with van der Waals surface area (Å²) in [5.41, 5.74) is 0. The number of carbonyl (C=O) groups is 1. The minimum atomic E-state index is -0.313. The van der Waals surface area contributed by atoms with Crippen molar-refractivity contribution in [2.24, 2.45) is 0 Å². The first-order chi connectivity index (χ1) is 6.27. The fourth-order valence-electron chi connectivity index (χ4n) is 0.872. The maximum absolute atomic E-state index is 11.1. The van der Waals surface area contributed by atoms with Crippen LogP contribution < -0.4 is 5.32 Å². The molecule has 0 amide bonds. The summed E-state index contributed by atoms with van der Waals surface area (Å²) < 4.78 is 8.29. The first-order valence-electron chi connectivity index (χ1n) is 3.89. The molecule has 1 N–H and O–H groups in total. The number of esters is 1. The molecule has 72 valence electrons. The molecule has 1 rings (SSSR count). The Bertz CT molecular complexity index is 263. The summed E-state index contributed by atoms with van der Waals surface area (Å²) in [6.45, 7) is 1.91. The van der Waals surface area contributed by atoms with Crippen molar-refractivity contribution in [3.8, 4) is 0 Å². The van der Waals surface area contributed by atoms with Crippen LogP contribution in [0.3, 0.4) is 0 Å². The third-order valence-electron chi connectivity index (χ3n) is 1.57. The second kappa shape index (κ2) is 4.76. The van der Waals surface area contributed by atoms with Crippen LogP contribution in [0.1, 0.15) is 13.3 Å². The smallest absolute Gasteiger partial charge is 0.328 e. The Morgan fingerprint density at radius 3 is 3.08 bits per heavy atom. The molecule has 0 aromatic carbocycles. The van der Waals surface area contributed by atoms with Crippen LogP contribution in [0.2, 0.25) is 0 Å². The predicted molar refractivity (Wildman–Crippen MR) is 49.6 cm³/mol. The molecule has 0 fully saturated rings. The summed E-state index contributed by atoms with van der Waals surface area (Å²) in [4.78, 5) is 11.1. The van der Waals surface area contributed by atoms with E-state index < -0.39 is 0 Å². The highest BCUT2D eigenvalue weighted by Crippen LogP contribution is 2.12. The number of anilines is 1. The van der Waals surface area contributed by atoms with Crippen molar-refractivity contribution in [2.75, 3.05) is 12.4 Å². The topological polar surface area (TPSA) is 64.1 Å². The normalized spacial score (nSPS) is 12.2. The molecule has 1 aromatic rings. The summed E-state index contributed by atoms with van der Waals surface area (Å²) in [7, 11) is 1.37. The molecule has 0 saturated heterocycles. The van der Waals surface area contributed by atoms with E-state index in [9.17, 15) is 4.79 Å². The van der Waals surface area contributed by atoms with Crippen LogP contribution in [0.15, 0.2) is 6.20 Å². The van der Waals surface area contributed by atoms with E-state index in [4.69, 9.17) is 0 Å². The van der Waals surface area contributed by atoms with Crippen molar-refractivity contribution >= 4 is 22.5 Å². The van der Waals surface area contributed by atoms with E-state index in [0.29, 0.717) is 6.42 Å². The molecule has 13 heavy (non-hydrogen) atoms. The van der Waals surface area contributed by atoms with E-state index in [1.54, 1.807) is 6.20 Å². The molecule has 0 aliphatic rings. The van der Waals surface area contributed by atoms with Gasteiger partial charge in [0.25, 0.3) is 0 Å². The largest absolute Gasteiger partial charge is 0.467 e. The first kappa shape index (κ1) is 9.91. The van der Waals surface area contributed by atoms with E-state index in [1.807, 2.05) is 6.92 Å². The van der Waals surface area contributed by atoms with Crippen LogP contribution in [0.4, 0.5) is 5.00 Å². The van der Waals surface area contributed by atoms with Gasteiger partial charge in [0.05, 0.1) is 13.3 Å². The first-order valence-corrected chi connectivity index (χ1v) is 4.67. The molecule has 0 bridgehead atoms. The summed E-state index contributed by atoms with van der Waals surface area (Å²) in [6, 6.07) is -0.313. The maximum atomic E-state index is 11.1. The fraction of sp³-hybridized carbons (Fsp3) is 0.571. The number of rotatable bonds is 4. The monoisotopic (exact) mass is 201 g/mol. The lowest BCUT2D eigenvalue weighted by Gasteiger charge is -2.12. The molecule has 1 heterocycles. The lowest BCUT2D eigenvalue weighted by Crippen LogP contribution is -2.29. The Hall–Kier alpha value is -1.17. The molecular formula is C7H11N3O2S. The Balaban J connectivity index is 2.54. The van der Waals surface area contributed by atoms with Gasteiger partial charge in [0.2, 0.25) is 0 Å². The third kappa shape index (κ3) is 2.66. The minimum absolute atomic E-state index is 0.268. The number of hydrogen-bond acceptors (Lipinski definition) is 6. The highest BCUT2D eigenvalue weighted by molar-refractivity contribution is 7.09. The van der Waals surface area contributed by atoms with Gasteiger partial charge in [0.1, 0.15) is 11.0 Å². The molecular weight excluding hydrogens is 190 g/mol. The molecule has 1 unspecified atom stereocenters. The summed E-state index contributed by atoms with van der Waals surface area (Å²) in [5, 5.41) is 7.40. The number of carbonyl (C=O) groups excluding carboxylic acids is 1. The van der Waals surface area contributed by atoms with Crippen LogP contribution in [0.5, 0.6) is 0 Å². The van der Waals surface area contributed by atoms with Gasteiger partial charge in [-0.2, -0.15) is 0 Å². The van der Waals surface area contributed by atoms with Crippen molar-refractivity contribution < 1.29 is 9.53 Å². The molecule has 5 nitrogen and oxygen atoms in total. The lowest BCUT2D eigenvalue weighted by molar-refractivity contribution is -0.141. The van der Waals surface area contributed by atoms with Gasteiger partial charge in [-0.1, -0.05) is 11.4 Å². The summed E-state index contributed by atoms with van der Waals surface area (Å²) >= 11 is 1.21. The second-order valence-corrected chi connectivity index (χ2v) is 3.20. The Kier molecular flexibility index (Phi) is 3.63. The van der Waals surface area contributed by atoms with E-state index in [1.165, 1.54) is 18.6 Å². The number of aromatic nitrogens is 2. The number of hydrogen-bond donors (Lipinski definition) is 1. The van der Waals surface area contributed by atoms with Gasteiger partial charge in [0, 0.05) is 11.5 Å². The van der Waals surface area contributed by atoms with Crippen molar-refractivity contribution in [2.45, 2.75) is 19.4 Å². The summed E-state index contributed by atoms with van der Waals surface area (Å²) in [6.07, 6.45) is 2.25. The third-order valence-corrected chi connectivity index (χ3v) is 2.17. The molecule has 0 saturated carbocycles. The highest BCUT2D eigenvalue weighted by Gasteiger charge is 2.16. The maximum Gasteiger partial charge on any atom is 0.328 e. The zero-order valence-electron chi connectivity index (χ0n) is 7.48. The lowest BCUT2D eigenvalue weighted by atomic mass is 10.2. The van der Waals surface area contributed by atoms with E-state index in [-0.39, 0.29) is 12.0 Å². The van der Waals surface area contributed by atoms with Crippen molar-refractivity contribution in [1.82, 2.24) is 9.59 Å². The van der Waals surface area contributed by atoms with E-state index in [2.05, 4.69) is 19.6 Å². The van der Waals surface area contributed by atoms with Crippen molar-refractivity contribution in [1.29, 1.82) is 0 Å². The second-order valence-electron chi connectivity index (χ2n) is 2.41. The van der Waals surface area contributed by atoms with E-state index >= 15 is 0 Å². The Morgan fingerprint density at radius 2 is 2.62 bits per heavy atom. The van der Waals surface area contributed by atoms with Crippen molar-refractivity contribution in [3.63, 3.8) is 0 Å². The summed E-state index contributed by atoms with van der Waals surface area (Å²) in [5.74, 6) is -0.268. The zero-order valence-corrected chi connectivity index (χ0v) is 8.30. The average molecular weight is 201 g/mol. The van der Waals surface area contributed by atoms with Gasteiger partial charge in [-0.05, 0) is 6.42 Å². The van der Waals surface area contributed by atoms with Crippen LogP contribution >= 0.6 is 11.5 Å². The van der Waals surface area contributed by atoms with Gasteiger partial charge < -0.3 is 10.1 Å². The fourth-order valence-corrected chi connectivity index (χ4v) is 1.34. The van der Waals surface area contributed by atoms with Crippen LogP contribution in [0, 0.1) is 0 Å². The molecule has 0 spiro atoms. The van der Waals surface area contributed by atoms with Crippen molar-refractivity contribution in [3.05, 3.63) is 6.20 Å². The molecule has 0 radical (unpaired) electrons. The SMILES string of the molecule is CCC(Nc1cnns1)C(=O)OC. The minimum Gasteiger partial charge on any atom is -0.467 e. The van der Waals surface area contributed by atoms with Gasteiger partial charge in [0.15, 0.2) is 0 Å². The standard InChI is InChI=1S/C7H11N3O2S/c1-3-5(7(11)12-2)9-6-4-8-10-13-6/h4-5,9H,3H2,1-2H3. The van der Waals surface area contributed by atoms with Gasteiger partial charge in [-0.3, -0.25) is 0 Å². The number of nitrogens with zero attached hydrogens (tertiary/aromatic N) is 2. The van der Waals surface area contributed by atoms with Gasteiger partial charge >= 0.3 is 5.97 Å². The van der Waals surface area contributed by atoms with Gasteiger partial charge in [-0.25, -0.2) is 4.79 Å². The van der Waals surface area contributed by atoms with Crippen LogP contribution in [0.25, 0.3) is 0 Å². The van der Waals surface area contributed by atoms with Crippen LogP contribution in [-0.4, -0.2) is 28.7 Å². The zero-order chi connectivity index (χ0) is 9.68. The molecule has 1 atom stereocenters. The highest BCUT2D eigenvalue weighted by atomic mass is 32.1. The number of methoxy groups -OCH3 is 1. The number of ether oxygens (including phenoxy) is 1. The van der Waals surface area contributed by atoms with E-state index in [0.717, 1.165) is 5.00 Å². The molecule has 6 heteroatoms. The quantitative estimate of drug-likeness (QED) is 0.733. The Morgan fingerprint density at radius 1 is 1.85 bits per heavy atom. The van der Waals surface area contributed by atoms with Gasteiger partial charge in [-0.15, -0.1) is 5.10 Å². The molecule has 0 aliphatic heterocycles.